The maximum atomic E-state index is 10.6. The number of unbranched alkanes of at least 4 members (excludes halogenated alkanes) is 1. The van der Waals surface area contributed by atoms with Crippen molar-refractivity contribution in [3.05, 3.63) is 0 Å². The van der Waals surface area contributed by atoms with E-state index in [1.807, 2.05) is 0 Å². The number of aliphatic carboxylic acids is 1. The molecule has 0 aliphatic heterocycles. The van der Waals surface area contributed by atoms with Gasteiger partial charge in [-0.25, -0.2) is 4.79 Å². The van der Waals surface area contributed by atoms with E-state index in [2.05, 4.69) is 10.1 Å². The van der Waals surface area contributed by atoms with Crippen LogP contribution in [0.25, 0.3) is 0 Å². The monoisotopic (exact) mass is 218 g/mol. The molecule has 1 atom stereocenters. The molecule has 0 saturated heterocycles. The first-order valence-electron chi connectivity index (χ1n) is 4.86. The molecular weight excluding hydrogens is 200 g/mol. The zero-order chi connectivity index (χ0) is 11.7. The van der Waals surface area contributed by atoms with E-state index in [9.17, 15) is 9.59 Å². The van der Waals surface area contributed by atoms with E-state index in [0.717, 1.165) is 12.8 Å². The van der Waals surface area contributed by atoms with Crippen LogP contribution in [0.5, 0.6) is 0 Å². The third-order valence-electron chi connectivity index (χ3n) is 2.07. The largest absolute Gasteiger partial charge is 0.481 e. The molecule has 0 bridgehead atoms. The minimum absolute atomic E-state index is 0.153. The van der Waals surface area contributed by atoms with Gasteiger partial charge < -0.3 is 20.9 Å². The first-order valence-corrected chi connectivity index (χ1v) is 4.86. The van der Waals surface area contributed by atoms with Crippen LogP contribution in [0.1, 0.15) is 19.3 Å². The lowest BCUT2D eigenvalue weighted by Gasteiger charge is -2.09. The van der Waals surface area contributed by atoms with Gasteiger partial charge in [-0.05, 0) is 12.8 Å². The van der Waals surface area contributed by atoms with Gasteiger partial charge in [0.15, 0.2) is 0 Å². The maximum absolute atomic E-state index is 10.6. The number of alkyl carbamates (subject to hydrolysis) is 1. The van der Waals surface area contributed by atoms with Gasteiger partial charge in [-0.15, -0.1) is 0 Å². The van der Waals surface area contributed by atoms with E-state index >= 15 is 0 Å². The summed E-state index contributed by atoms with van der Waals surface area (Å²) in [5.41, 5.74) is 5.29. The normalized spacial score (nSPS) is 11.9. The predicted molar refractivity (Wildman–Crippen MR) is 54.4 cm³/mol. The van der Waals surface area contributed by atoms with Gasteiger partial charge >= 0.3 is 12.1 Å². The SMILES string of the molecule is COC(=O)NCCCCC(CN)C(=O)O. The highest BCUT2D eigenvalue weighted by molar-refractivity contribution is 5.70. The molecule has 6 nitrogen and oxygen atoms in total. The van der Waals surface area contributed by atoms with Crippen LogP contribution in [0.4, 0.5) is 4.79 Å². The molecule has 0 aromatic heterocycles. The van der Waals surface area contributed by atoms with Crippen LogP contribution in [0, 0.1) is 5.92 Å². The number of carbonyl (C=O) groups is 2. The lowest BCUT2D eigenvalue weighted by atomic mass is 10.0. The summed E-state index contributed by atoms with van der Waals surface area (Å²) in [5.74, 6) is -1.35. The van der Waals surface area contributed by atoms with Gasteiger partial charge in [0.25, 0.3) is 0 Å². The maximum Gasteiger partial charge on any atom is 0.406 e. The topological polar surface area (TPSA) is 102 Å². The third-order valence-corrected chi connectivity index (χ3v) is 2.07. The molecule has 0 fully saturated rings. The number of amides is 1. The fourth-order valence-corrected chi connectivity index (χ4v) is 1.12. The predicted octanol–water partition coefficient (Wildman–Crippen LogP) is 0.172. The Morgan fingerprint density at radius 2 is 2.13 bits per heavy atom. The second kappa shape index (κ2) is 8.05. The highest BCUT2D eigenvalue weighted by atomic mass is 16.5. The molecule has 0 aliphatic carbocycles. The number of ether oxygens (including phenoxy) is 1. The first-order chi connectivity index (χ1) is 7.11. The Hall–Kier alpha value is -1.30. The molecule has 1 amide bonds. The summed E-state index contributed by atoms with van der Waals surface area (Å²) in [7, 11) is 1.30. The Kier molecular flexibility index (Phi) is 7.35. The molecule has 4 N–H and O–H groups in total. The number of carbonyl (C=O) groups excluding carboxylic acids is 1. The van der Waals surface area contributed by atoms with Gasteiger partial charge in [-0.2, -0.15) is 0 Å². The molecule has 0 rings (SSSR count). The summed E-state index contributed by atoms with van der Waals surface area (Å²) < 4.78 is 4.37. The second-order valence-corrected chi connectivity index (χ2v) is 3.19. The van der Waals surface area contributed by atoms with Crippen molar-refractivity contribution in [2.75, 3.05) is 20.2 Å². The Bertz CT molecular complexity index is 208. The minimum Gasteiger partial charge on any atom is -0.481 e. The molecule has 0 heterocycles. The van der Waals surface area contributed by atoms with Gasteiger partial charge in [-0.1, -0.05) is 6.42 Å². The summed E-state index contributed by atoms with van der Waals surface area (Å²) in [4.78, 5) is 21.2. The zero-order valence-electron chi connectivity index (χ0n) is 8.86. The fraction of sp³-hybridized carbons (Fsp3) is 0.778. The summed E-state index contributed by atoms with van der Waals surface area (Å²) in [6, 6.07) is 0. The Labute approximate surface area is 88.8 Å². The van der Waals surface area contributed by atoms with Crippen LogP contribution in [-0.2, 0) is 9.53 Å². The summed E-state index contributed by atoms with van der Waals surface area (Å²) in [6.07, 6.45) is 1.51. The highest BCUT2D eigenvalue weighted by Gasteiger charge is 2.14. The van der Waals surface area contributed by atoms with E-state index in [1.165, 1.54) is 7.11 Å². The fourth-order valence-electron chi connectivity index (χ4n) is 1.12. The van der Waals surface area contributed by atoms with Gasteiger partial charge in [0.05, 0.1) is 13.0 Å². The summed E-state index contributed by atoms with van der Waals surface area (Å²) >= 11 is 0. The lowest BCUT2D eigenvalue weighted by Crippen LogP contribution is -2.25. The van der Waals surface area contributed by atoms with Crippen molar-refractivity contribution in [2.45, 2.75) is 19.3 Å². The van der Waals surface area contributed by atoms with E-state index in [1.54, 1.807) is 0 Å². The van der Waals surface area contributed by atoms with Crippen molar-refractivity contribution < 1.29 is 19.4 Å². The number of hydrogen-bond acceptors (Lipinski definition) is 4. The van der Waals surface area contributed by atoms with Crippen LogP contribution < -0.4 is 11.1 Å². The molecule has 0 spiro atoms. The average Bonchev–Trinajstić information content (AvgIpc) is 2.22. The standard InChI is InChI=1S/C9H18N2O4/c1-15-9(14)11-5-3-2-4-7(6-10)8(12)13/h7H,2-6,10H2,1H3,(H,11,14)(H,12,13). The van der Waals surface area contributed by atoms with Crippen LogP contribution in [-0.4, -0.2) is 37.4 Å². The van der Waals surface area contributed by atoms with Crippen molar-refractivity contribution in [3.63, 3.8) is 0 Å². The number of rotatable bonds is 7. The van der Waals surface area contributed by atoms with E-state index in [0.29, 0.717) is 13.0 Å². The summed E-state index contributed by atoms with van der Waals surface area (Å²) in [6.45, 7) is 0.642. The highest BCUT2D eigenvalue weighted by Crippen LogP contribution is 2.06. The molecule has 1 unspecified atom stereocenters. The molecule has 0 aromatic carbocycles. The van der Waals surface area contributed by atoms with Crippen molar-refractivity contribution in [1.82, 2.24) is 5.32 Å². The Balaban J connectivity index is 3.45. The van der Waals surface area contributed by atoms with Crippen molar-refractivity contribution in [1.29, 1.82) is 0 Å². The van der Waals surface area contributed by atoms with Crippen molar-refractivity contribution in [3.8, 4) is 0 Å². The number of nitrogens with two attached hydrogens (primary N) is 1. The summed E-state index contributed by atoms with van der Waals surface area (Å²) in [5, 5.41) is 11.2. The Morgan fingerprint density at radius 1 is 1.47 bits per heavy atom. The Morgan fingerprint density at radius 3 is 2.60 bits per heavy atom. The zero-order valence-corrected chi connectivity index (χ0v) is 8.86. The number of hydrogen-bond donors (Lipinski definition) is 3. The number of carboxylic acids is 1. The van der Waals surface area contributed by atoms with Crippen molar-refractivity contribution in [2.24, 2.45) is 11.7 Å². The van der Waals surface area contributed by atoms with Crippen LogP contribution in [0.15, 0.2) is 0 Å². The minimum atomic E-state index is -0.863. The van der Waals surface area contributed by atoms with Gasteiger partial charge in [0.2, 0.25) is 0 Å². The molecule has 0 saturated carbocycles. The molecule has 0 aliphatic rings. The third kappa shape index (κ3) is 6.73. The van der Waals surface area contributed by atoms with Gasteiger partial charge in [0, 0.05) is 13.1 Å². The van der Waals surface area contributed by atoms with Crippen LogP contribution >= 0.6 is 0 Å². The molecule has 0 radical (unpaired) electrons. The van der Waals surface area contributed by atoms with Crippen LogP contribution in [0.3, 0.4) is 0 Å². The van der Waals surface area contributed by atoms with E-state index in [-0.39, 0.29) is 6.54 Å². The molecule has 6 heteroatoms. The number of methoxy groups -OCH3 is 1. The van der Waals surface area contributed by atoms with E-state index in [4.69, 9.17) is 10.8 Å². The number of nitrogens with one attached hydrogen (secondary N) is 1. The van der Waals surface area contributed by atoms with Crippen LogP contribution in [0.2, 0.25) is 0 Å². The smallest absolute Gasteiger partial charge is 0.406 e. The lowest BCUT2D eigenvalue weighted by molar-refractivity contribution is -0.141. The first kappa shape index (κ1) is 13.7. The molecular formula is C9H18N2O4. The average molecular weight is 218 g/mol. The van der Waals surface area contributed by atoms with Gasteiger partial charge in [-0.3, -0.25) is 4.79 Å². The van der Waals surface area contributed by atoms with Crippen molar-refractivity contribution >= 4 is 12.1 Å². The molecule has 15 heavy (non-hydrogen) atoms. The van der Waals surface area contributed by atoms with E-state index < -0.39 is 18.0 Å². The number of carboxylic acid groups (broad SMARTS) is 1. The molecule has 0 aromatic rings. The van der Waals surface area contributed by atoms with Gasteiger partial charge in [0.1, 0.15) is 0 Å². The quantitative estimate of drug-likeness (QED) is 0.529. The second-order valence-electron chi connectivity index (χ2n) is 3.19. The molecule has 88 valence electrons.